The highest BCUT2D eigenvalue weighted by Gasteiger charge is 2.33. The largest absolute Gasteiger partial charge is 0.340 e. The summed E-state index contributed by atoms with van der Waals surface area (Å²) in [6.07, 6.45) is 0.268. The average Bonchev–Trinajstić information content (AvgIpc) is 3.15. The minimum atomic E-state index is -0.162. The fourth-order valence-corrected chi connectivity index (χ4v) is 4.63. The smallest absolute Gasteiger partial charge is 0.223 e. The topological polar surface area (TPSA) is 63.4 Å². The van der Waals surface area contributed by atoms with Gasteiger partial charge < -0.3 is 10.6 Å². The lowest BCUT2D eigenvalue weighted by atomic mass is 9.95. The van der Waals surface area contributed by atoms with Crippen LogP contribution in [0, 0.1) is 0 Å². The van der Waals surface area contributed by atoms with E-state index in [9.17, 15) is 9.59 Å². The molecule has 1 saturated heterocycles. The molecule has 1 aliphatic heterocycles. The highest BCUT2D eigenvalue weighted by Crippen LogP contribution is 2.32. The maximum absolute atomic E-state index is 12.5. The lowest BCUT2D eigenvalue weighted by Crippen LogP contribution is -2.32. The molecule has 1 amide bonds. The van der Waals surface area contributed by atoms with Gasteiger partial charge in [0, 0.05) is 43.5 Å². The first-order valence-corrected chi connectivity index (χ1v) is 9.59. The molecule has 1 fully saturated rings. The standard InChI is InChI=1S/C18H18Cl2N2O2S.ClH/c19-16-8-12(18(20)25-16)15(23)6-7-17(24)22-9-13(14(21)10-22)11-4-2-1-3-5-11;/h1-5,8,13-14H,6-7,9-10,21H2;1H/t13-,14+;/m0./s1. The van der Waals surface area contributed by atoms with Gasteiger partial charge in [-0.25, -0.2) is 0 Å². The molecular weight excluding hydrogens is 415 g/mol. The van der Waals surface area contributed by atoms with Crippen LogP contribution in [-0.4, -0.2) is 35.7 Å². The summed E-state index contributed by atoms with van der Waals surface area (Å²) in [6.45, 7) is 1.10. The van der Waals surface area contributed by atoms with E-state index < -0.39 is 0 Å². The Bertz CT molecular complexity index is 782. The van der Waals surface area contributed by atoms with Crippen LogP contribution in [0.25, 0.3) is 0 Å². The predicted octanol–water partition coefficient (Wildman–Crippen LogP) is 4.39. The zero-order chi connectivity index (χ0) is 18.0. The zero-order valence-corrected chi connectivity index (χ0v) is 17.0. The SMILES string of the molecule is Cl.N[C@@H]1CN(C(=O)CCC(=O)c2cc(Cl)sc2Cl)C[C@H]1c1ccccc1. The number of likely N-dealkylation sites (tertiary alicyclic amines) is 1. The second kappa shape index (κ2) is 9.20. The van der Waals surface area contributed by atoms with Gasteiger partial charge in [-0.15, -0.1) is 23.7 Å². The van der Waals surface area contributed by atoms with Crippen LogP contribution < -0.4 is 5.73 Å². The van der Waals surface area contributed by atoms with Crippen molar-refractivity contribution in [2.45, 2.75) is 24.8 Å². The van der Waals surface area contributed by atoms with Gasteiger partial charge >= 0.3 is 0 Å². The number of thiophene rings is 1. The third kappa shape index (κ3) is 4.78. The average molecular weight is 434 g/mol. The number of rotatable bonds is 5. The molecule has 2 N–H and O–H groups in total. The van der Waals surface area contributed by atoms with Gasteiger partial charge in [0.1, 0.15) is 4.34 Å². The molecule has 2 atom stereocenters. The molecule has 0 bridgehead atoms. The Balaban J connectivity index is 0.00000243. The quantitative estimate of drug-likeness (QED) is 0.711. The molecule has 140 valence electrons. The molecule has 1 aromatic heterocycles. The van der Waals surface area contributed by atoms with Gasteiger partial charge in [0.2, 0.25) is 5.91 Å². The highest BCUT2D eigenvalue weighted by atomic mass is 35.5. The van der Waals surface area contributed by atoms with E-state index in [4.69, 9.17) is 28.9 Å². The summed E-state index contributed by atoms with van der Waals surface area (Å²) >= 11 is 13.0. The summed E-state index contributed by atoms with van der Waals surface area (Å²) < 4.78 is 0.839. The van der Waals surface area contributed by atoms with Crippen molar-refractivity contribution >= 4 is 58.6 Å². The molecule has 2 aromatic rings. The van der Waals surface area contributed by atoms with Crippen LogP contribution in [0.5, 0.6) is 0 Å². The minimum Gasteiger partial charge on any atom is -0.340 e. The van der Waals surface area contributed by atoms with Gasteiger partial charge in [0.05, 0.1) is 4.34 Å². The summed E-state index contributed by atoms with van der Waals surface area (Å²) in [6, 6.07) is 11.4. The van der Waals surface area contributed by atoms with Crippen LogP contribution in [0.2, 0.25) is 8.67 Å². The van der Waals surface area contributed by atoms with Crippen LogP contribution in [-0.2, 0) is 4.79 Å². The predicted molar refractivity (Wildman–Crippen MR) is 109 cm³/mol. The van der Waals surface area contributed by atoms with E-state index in [1.807, 2.05) is 30.3 Å². The number of nitrogens with two attached hydrogens (primary N) is 1. The van der Waals surface area contributed by atoms with Crippen molar-refractivity contribution in [1.82, 2.24) is 4.90 Å². The number of hydrogen-bond acceptors (Lipinski definition) is 4. The first-order valence-electron chi connectivity index (χ1n) is 8.02. The summed E-state index contributed by atoms with van der Waals surface area (Å²) in [5.74, 6) is -0.0877. The van der Waals surface area contributed by atoms with Crippen molar-refractivity contribution in [3.05, 3.63) is 56.2 Å². The Morgan fingerprint density at radius 2 is 1.85 bits per heavy atom. The fraction of sp³-hybridized carbons (Fsp3) is 0.333. The van der Waals surface area contributed by atoms with Gasteiger partial charge in [0.25, 0.3) is 0 Å². The van der Waals surface area contributed by atoms with Gasteiger partial charge in [-0.1, -0.05) is 53.5 Å². The van der Waals surface area contributed by atoms with E-state index in [-0.39, 0.29) is 48.9 Å². The van der Waals surface area contributed by atoms with Crippen molar-refractivity contribution in [3.8, 4) is 0 Å². The van der Waals surface area contributed by atoms with E-state index in [0.29, 0.717) is 27.3 Å². The van der Waals surface area contributed by atoms with Gasteiger partial charge in [0.15, 0.2) is 5.78 Å². The van der Waals surface area contributed by atoms with Gasteiger partial charge in [-0.3, -0.25) is 9.59 Å². The molecule has 3 rings (SSSR count). The van der Waals surface area contributed by atoms with E-state index in [1.54, 1.807) is 11.0 Å². The van der Waals surface area contributed by atoms with Crippen LogP contribution in [0.15, 0.2) is 36.4 Å². The molecule has 1 aliphatic rings. The van der Waals surface area contributed by atoms with E-state index in [1.165, 1.54) is 0 Å². The van der Waals surface area contributed by atoms with Crippen molar-refractivity contribution in [2.75, 3.05) is 13.1 Å². The molecule has 0 unspecified atom stereocenters. The number of ketones is 1. The molecule has 8 heteroatoms. The third-order valence-corrected chi connectivity index (χ3v) is 5.96. The summed E-state index contributed by atoms with van der Waals surface area (Å²) in [7, 11) is 0. The fourth-order valence-electron chi connectivity index (χ4n) is 3.13. The molecule has 0 aliphatic carbocycles. The molecule has 2 heterocycles. The summed E-state index contributed by atoms with van der Waals surface area (Å²) in [5, 5.41) is 0. The number of carbonyl (C=O) groups is 2. The number of Topliss-reactive ketones (excluding diaryl/α,β-unsaturated/α-hetero) is 1. The van der Waals surface area contributed by atoms with E-state index in [2.05, 4.69) is 0 Å². The Morgan fingerprint density at radius 3 is 2.46 bits per heavy atom. The molecule has 1 aromatic carbocycles. The molecule has 0 radical (unpaired) electrons. The highest BCUT2D eigenvalue weighted by molar-refractivity contribution is 7.20. The van der Waals surface area contributed by atoms with Crippen LogP contribution in [0.4, 0.5) is 0 Å². The maximum Gasteiger partial charge on any atom is 0.223 e. The number of hydrogen-bond donors (Lipinski definition) is 1. The maximum atomic E-state index is 12.5. The second-order valence-corrected chi connectivity index (χ2v) is 8.43. The Hall–Kier alpha value is -1.11. The van der Waals surface area contributed by atoms with Crippen LogP contribution in [0.3, 0.4) is 0 Å². The van der Waals surface area contributed by atoms with Crippen molar-refractivity contribution < 1.29 is 9.59 Å². The second-order valence-electron chi connectivity index (χ2n) is 6.14. The summed E-state index contributed by atoms with van der Waals surface area (Å²) in [4.78, 5) is 26.4. The monoisotopic (exact) mass is 432 g/mol. The van der Waals surface area contributed by atoms with Crippen molar-refractivity contribution in [1.29, 1.82) is 0 Å². The van der Waals surface area contributed by atoms with E-state index >= 15 is 0 Å². The number of benzene rings is 1. The third-order valence-electron chi connectivity index (χ3n) is 4.47. The van der Waals surface area contributed by atoms with Crippen molar-refractivity contribution in [3.63, 3.8) is 0 Å². The molecule has 0 saturated carbocycles. The summed E-state index contributed by atoms with van der Waals surface area (Å²) in [5.41, 5.74) is 7.75. The Morgan fingerprint density at radius 1 is 1.15 bits per heavy atom. The van der Waals surface area contributed by atoms with Gasteiger partial charge in [-0.05, 0) is 11.6 Å². The van der Waals surface area contributed by atoms with Crippen LogP contribution >= 0.6 is 46.9 Å². The Labute approximate surface area is 172 Å². The zero-order valence-electron chi connectivity index (χ0n) is 13.9. The molecule has 4 nitrogen and oxygen atoms in total. The van der Waals surface area contributed by atoms with Crippen LogP contribution in [0.1, 0.15) is 34.7 Å². The Kier molecular flexibility index (Phi) is 7.50. The lowest BCUT2D eigenvalue weighted by Gasteiger charge is -2.16. The number of nitrogens with zero attached hydrogens (tertiary/aromatic N) is 1. The van der Waals surface area contributed by atoms with Gasteiger partial charge in [-0.2, -0.15) is 0 Å². The van der Waals surface area contributed by atoms with Crippen molar-refractivity contribution in [2.24, 2.45) is 5.73 Å². The number of halogens is 3. The molecular formula is C18H19Cl3N2O2S. The number of carbonyl (C=O) groups excluding carboxylic acids is 2. The first kappa shape index (κ1) is 21.2. The van der Waals surface area contributed by atoms with E-state index in [0.717, 1.165) is 16.9 Å². The first-order chi connectivity index (χ1) is 12.0. The number of amides is 1. The molecule has 0 spiro atoms. The normalized spacial score (nSPS) is 19.3. The molecule has 26 heavy (non-hydrogen) atoms. The minimum absolute atomic E-state index is 0. The lowest BCUT2D eigenvalue weighted by molar-refractivity contribution is -0.130.